The summed E-state index contributed by atoms with van der Waals surface area (Å²) in [6.45, 7) is 1.72. The predicted octanol–water partition coefficient (Wildman–Crippen LogP) is 2.04. The van der Waals surface area contributed by atoms with E-state index in [4.69, 9.17) is 4.74 Å². The van der Waals surface area contributed by atoms with Gasteiger partial charge in [-0.15, -0.1) is 0 Å². The molecule has 4 heteroatoms. The van der Waals surface area contributed by atoms with Gasteiger partial charge in [-0.1, -0.05) is 6.07 Å². The van der Waals surface area contributed by atoms with Crippen LogP contribution in [0.4, 0.5) is 0 Å². The number of aliphatic hydroxyl groups excluding tert-OH is 1. The molecule has 0 unspecified atom stereocenters. The molecule has 0 aromatic heterocycles. The van der Waals surface area contributed by atoms with Crippen LogP contribution < -0.4 is 10.1 Å². The molecule has 1 aliphatic carbocycles. The van der Waals surface area contributed by atoms with E-state index >= 15 is 0 Å². The van der Waals surface area contributed by atoms with E-state index in [9.17, 15) is 10.2 Å². The second kappa shape index (κ2) is 6.78. The maximum atomic E-state index is 9.69. The number of ether oxygens (including phenoxy) is 1. The lowest BCUT2D eigenvalue weighted by Gasteiger charge is -2.25. The number of aliphatic hydroxyl groups is 1. The van der Waals surface area contributed by atoms with E-state index in [-0.39, 0.29) is 11.9 Å². The standard InChI is InChI=1S/C15H23NO3/c1-19-15-7-4-12(8-14(15)18)10-16-9-11-2-5-13(17)6-3-11/h4,7-8,11,13,16-18H,2-3,5-6,9-10H2,1H3. The normalized spacial score (nSPS) is 23.3. The summed E-state index contributed by atoms with van der Waals surface area (Å²) in [5.41, 5.74) is 1.05. The van der Waals surface area contributed by atoms with Crippen LogP contribution in [0.5, 0.6) is 11.5 Å². The van der Waals surface area contributed by atoms with E-state index in [1.807, 2.05) is 6.07 Å². The minimum Gasteiger partial charge on any atom is -0.504 e. The van der Waals surface area contributed by atoms with Crippen LogP contribution in [-0.2, 0) is 6.54 Å². The third-order valence-corrected chi connectivity index (χ3v) is 3.82. The van der Waals surface area contributed by atoms with Gasteiger partial charge in [0.1, 0.15) is 0 Å². The lowest BCUT2D eigenvalue weighted by Crippen LogP contribution is -2.27. The molecule has 2 rings (SSSR count). The Balaban J connectivity index is 1.75. The van der Waals surface area contributed by atoms with Gasteiger partial charge in [0.25, 0.3) is 0 Å². The lowest BCUT2D eigenvalue weighted by molar-refractivity contribution is 0.108. The van der Waals surface area contributed by atoms with Crippen LogP contribution in [0.15, 0.2) is 18.2 Å². The third-order valence-electron chi connectivity index (χ3n) is 3.82. The second-order valence-electron chi connectivity index (χ2n) is 5.31. The number of aromatic hydroxyl groups is 1. The quantitative estimate of drug-likeness (QED) is 0.762. The number of hydrogen-bond donors (Lipinski definition) is 3. The SMILES string of the molecule is COc1ccc(CNCC2CCC(O)CC2)cc1O. The molecule has 1 aromatic rings. The molecule has 0 amide bonds. The highest BCUT2D eigenvalue weighted by Gasteiger charge is 2.18. The lowest BCUT2D eigenvalue weighted by atomic mass is 9.87. The van der Waals surface area contributed by atoms with Gasteiger partial charge in [-0.3, -0.25) is 0 Å². The highest BCUT2D eigenvalue weighted by molar-refractivity contribution is 5.41. The predicted molar refractivity (Wildman–Crippen MR) is 74.3 cm³/mol. The summed E-state index contributed by atoms with van der Waals surface area (Å²) in [5.74, 6) is 1.35. The van der Waals surface area contributed by atoms with Crippen LogP contribution in [0.2, 0.25) is 0 Å². The summed E-state index contributed by atoms with van der Waals surface area (Å²) in [6, 6.07) is 5.47. The average molecular weight is 265 g/mol. The molecule has 4 nitrogen and oxygen atoms in total. The first kappa shape index (κ1) is 14.2. The first-order chi connectivity index (χ1) is 9.19. The Bertz CT molecular complexity index is 400. The molecule has 0 heterocycles. The fourth-order valence-corrected chi connectivity index (χ4v) is 2.62. The topological polar surface area (TPSA) is 61.7 Å². The smallest absolute Gasteiger partial charge is 0.160 e. The molecular formula is C15H23NO3. The Labute approximate surface area is 114 Å². The van der Waals surface area contributed by atoms with Crippen molar-refractivity contribution < 1.29 is 14.9 Å². The summed E-state index contributed by atoms with van der Waals surface area (Å²) in [7, 11) is 1.55. The second-order valence-corrected chi connectivity index (χ2v) is 5.31. The molecule has 106 valence electrons. The molecular weight excluding hydrogens is 242 g/mol. The molecule has 1 aromatic carbocycles. The van der Waals surface area contributed by atoms with E-state index in [1.54, 1.807) is 19.2 Å². The maximum Gasteiger partial charge on any atom is 0.160 e. The zero-order chi connectivity index (χ0) is 13.7. The van der Waals surface area contributed by atoms with E-state index in [1.165, 1.54) is 0 Å². The summed E-state index contributed by atoms with van der Waals surface area (Å²) in [6.07, 6.45) is 3.96. The van der Waals surface area contributed by atoms with Crippen molar-refractivity contribution in [2.75, 3.05) is 13.7 Å². The van der Waals surface area contributed by atoms with Crippen molar-refractivity contribution in [2.24, 2.45) is 5.92 Å². The number of phenols is 1. The van der Waals surface area contributed by atoms with Gasteiger partial charge in [-0.25, -0.2) is 0 Å². The van der Waals surface area contributed by atoms with Gasteiger partial charge >= 0.3 is 0 Å². The van der Waals surface area contributed by atoms with Gasteiger partial charge < -0.3 is 20.3 Å². The fraction of sp³-hybridized carbons (Fsp3) is 0.600. The highest BCUT2D eigenvalue weighted by Crippen LogP contribution is 2.26. The number of hydrogen-bond acceptors (Lipinski definition) is 4. The average Bonchev–Trinajstić information content (AvgIpc) is 2.41. The monoisotopic (exact) mass is 265 g/mol. The van der Waals surface area contributed by atoms with E-state index < -0.39 is 0 Å². The summed E-state index contributed by atoms with van der Waals surface area (Å²) in [5, 5.41) is 22.6. The fourth-order valence-electron chi connectivity index (χ4n) is 2.62. The Morgan fingerprint density at radius 2 is 2.00 bits per heavy atom. The Kier molecular flexibility index (Phi) is 5.05. The number of phenolic OH excluding ortho intramolecular Hbond substituents is 1. The van der Waals surface area contributed by atoms with E-state index in [0.29, 0.717) is 11.7 Å². The Morgan fingerprint density at radius 1 is 1.26 bits per heavy atom. The molecule has 19 heavy (non-hydrogen) atoms. The number of nitrogens with one attached hydrogen (secondary N) is 1. The molecule has 0 atom stereocenters. The van der Waals surface area contributed by atoms with Crippen LogP contribution in [0.3, 0.4) is 0 Å². The third kappa shape index (κ3) is 4.11. The maximum absolute atomic E-state index is 9.69. The van der Waals surface area contributed by atoms with Crippen molar-refractivity contribution >= 4 is 0 Å². The van der Waals surface area contributed by atoms with Crippen molar-refractivity contribution in [3.63, 3.8) is 0 Å². The summed E-state index contributed by atoms with van der Waals surface area (Å²) in [4.78, 5) is 0. The molecule has 1 saturated carbocycles. The Hall–Kier alpha value is -1.26. The van der Waals surface area contributed by atoms with Gasteiger partial charge in [0.05, 0.1) is 13.2 Å². The van der Waals surface area contributed by atoms with Gasteiger partial charge in [-0.2, -0.15) is 0 Å². The van der Waals surface area contributed by atoms with Crippen LogP contribution in [0.1, 0.15) is 31.2 Å². The van der Waals surface area contributed by atoms with Crippen molar-refractivity contribution in [1.82, 2.24) is 5.32 Å². The zero-order valence-corrected chi connectivity index (χ0v) is 11.4. The van der Waals surface area contributed by atoms with Crippen LogP contribution >= 0.6 is 0 Å². The number of rotatable bonds is 5. The zero-order valence-electron chi connectivity index (χ0n) is 11.4. The molecule has 3 N–H and O–H groups in total. The van der Waals surface area contributed by atoms with Crippen LogP contribution in [0, 0.1) is 5.92 Å². The molecule has 0 radical (unpaired) electrons. The summed E-state index contributed by atoms with van der Waals surface area (Å²) >= 11 is 0. The van der Waals surface area contributed by atoms with Crippen molar-refractivity contribution in [1.29, 1.82) is 0 Å². The first-order valence-electron chi connectivity index (χ1n) is 6.93. The van der Waals surface area contributed by atoms with Crippen molar-refractivity contribution in [2.45, 2.75) is 38.3 Å². The molecule has 0 aliphatic heterocycles. The first-order valence-corrected chi connectivity index (χ1v) is 6.93. The van der Waals surface area contributed by atoms with Crippen molar-refractivity contribution in [3.8, 4) is 11.5 Å². The van der Waals surface area contributed by atoms with Crippen molar-refractivity contribution in [3.05, 3.63) is 23.8 Å². The van der Waals surface area contributed by atoms with E-state index in [2.05, 4.69) is 5.32 Å². The molecule has 0 spiro atoms. The largest absolute Gasteiger partial charge is 0.504 e. The minimum atomic E-state index is -0.0882. The van der Waals surface area contributed by atoms with E-state index in [0.717, 1.165) is 44.3 Å². The molecule has 0 saturated heterocycles. The highest BCUT2D eigenvalue weighted by atomic mass is 16.5. The van der Waals surface area contributed by atoms with Crippen LogP contribution in [-0.4, -0.2) is 30.0 Å². The molecule has 0 bridgehead atoms. The summed E-state index contributed by atoms with van der Waals surface area (Å²) < 4.78 is 5.02. The Morgan fingerprint density at radius 3 is 2.63 bits per heavy atom. The van der Waals surface area contributed by atoms with Gasteiger partial charge in [-0.05, 0) is 55.8 Å². The minimum absolute atomic E-state index is 0.0882. The number of methoxy groups -OCH3 is 1. The molecule has 1 fully saturated rings. The van der Waals surface area contributed by atoms with Crippen LogP contribution in [0.25, 0.3) is 0 Å². The molecule has 1 aliphatic rings. The van der Waals surface area contributed by atoms with Gasteiger partial charge in [0.2, 0.25) is 0 Å². The number of benzene rings is 1. The van der Waals surface area contributed by atoms with Gasteiger partial charge in [0, 0.05) is 6.54 Å². The van der Waals surface area contributed by atoms with Gasteiger partial charge in [0.15, 0.2) is 11.5 Å².